The molecule has 3 aromatic rings. The van der Waals surface area contributed by atoms with E-state index in [4.69, 9.17) is 33.2 Å². The van der Waals surface area contributed by atoms with E-state index in [2.05, 4.69) is 69.3 Å². The smallest absolute Gasteiger partial charge is 0.329 e. The van der Waals surface area contributed by atoms with Crippen LogP contribution in [0.3, 0.4) is 0 Å². The van der Waals surface area contributed by atoms with Gasteiger partial charge in [-0.1, -0.05) is 112 Å². The molecular formula is C34H46O8Si. The molecule has 234 valence electrons. The third kappa shape index (κ3) is 11.3. The van der Waals surface area contributed by atoms with Gasteiger partial charge in [-0.15, -0.1) is 0 Å². The summed E-state index contributed by atoms with van der Waals surface area (Å²) in [5.74, 6) is -1.01. The summed E-state index contributed by atoms with van der Waals surface area (Å²) in [6, 6.07) is 30.7. The third-order valence-corrected chi connectivity index (χ3v) is 12.0. The van der Waals surface area contributed by atoms with Crippen molar-refractivity contribution < 1.29 is 38.0 Å². The van der Waals surface area contributed by atoms with E-state index in [1.165, 1.54) is 10.4 Å². The highest BCUT2D eigenvalue weighted by Gasteiger charge is 2.50. The first-order chi connectivity index (χ1) is 20.8. The van der Waals surface area contributed by atoms with Crippen LogP contribution in [0.2, 0.25) is 5.04 Å². The van der Waals surface area contributed by atoms with Gasteiger partial charge in [0, 0.05) is 0 Å². The second kappa shape index (κ2) is 18.7. The number of hydrogen-bond donors (Lipinski definition) is 1. The van der Waals surface area contributed by atoms with E-state index < -0.39 is 14.3 Å². The van der Waals surface area contributed by atoms with Gasteiger partial charge in [-0.3, -0.25) is 0 Å². The molecule has 0 fully saturated rings. The molecule has 3 aromatic carbocycles. The van der Waals surface area contributed by atoms with E-state index in [0.29, 0.717) is 52.9 Å². The highest BCUT2D eigenvalue weighted by molar-refractivity contribution is 6.99. The van der Waals surface area contributed by atoms with Crippen molar-refractivity contribution in [3.8, 4) is 0 Å². The Hall–Kier alpha value is -2.89. The summed E-state index contributed by atoms with van der Waals surface area (Å²) in [5, 5.41) is 11.2. The van der Waals surface area contributed by atoms with Crippen molar-refractivity contribution >= 4 is 24.7 Å². The van der Waals surface area contributed by atoms with Crippen LogP contribution in [0.1, 0.15) is 32.4 Å². The lowest BCUT2D eigenvalue weighted by Gasteiger charge is -2.43. The fraction of sp³-hybridized carbons (Fsp3) is 0.441. The molecule has 0 aliphatic rings. The van der Waals surface area contributed by atoms with Crippen LogP contribution in [0.5, 0.6) is 0 Å². The van der Waals surface area contributed by atoms with Crippen LogP contribution in [0.25, 0.3) is 0 Å². The molecule has 1 N–H and O–H groups in total. The van der Waals surface area contributed by atoms with Crippen LogP contribution >= 0.6 is 0 Å². The molecule has 1 unspecified atom stereocenters. The number of carboxylic acids is 1. The number of carbonyl (C=O) groups is 1. The highest BCUT2D eigenvalue weighted by Crippen LogP contribution is 2.36. The van der Waals surface area contributed by atoms with Crippen molar-refractivity contribution in [2.75, 3.05) is 66.1 Å². The average molecular weight is 611 g/mol. The average Bonchev–Trinajstić information content (AvgIpc) is 3.01. The standard InChI is InChI=1S/C34H46O8Si/c1-34(2,3)43(30-15-9-5-10-16-30,31-17-11-6-12-18-31)42-26-24-39-22-20-37-19-21-38-23-25-41-32(27-40-28-33(35)36)29-13-7-4-8-14-29/h4-18,32H,19-28H2,1-3H3,(H,35,36). The van der Waals surface area contributed by atoms with Gasteiger partial charge in [-0.05, 0) is 21.0 Å². The number of carboxylic acid groups (broad SMARTS) is 1. The number of hydrogen-bond acceptors (Lipinski definition) is 7. The zero-order valence-corrected chi connectivity index (χ0v) is 26.6. The quantitative estimate of drug-likeness (QED) is 0.140. The second-order valence-electron chi connectivity index (χ2n) is 11.0. The van der Waals surface area contributed by atoms with E-state index in [9.17, 15) is 4.79 Å². The number of aliphatic carboxylic acids is 1. The summed E-state index contributed by atoms with van der Waals surface area (Å²) in [6.45, 7) is 10.1. The minimum absolute atomic E-state index is 0.0690. The fourth-order valence-corrected chi connectivity index (χ4v) is 9.51. The van der Waals surface area contributed by atoms with Gasteiger partial charge >= 0.3 is 5.97 Å². The van der Waals surface area contributed by atoms with Crippen LogP contribution in [0.15, 0.2) is 91.0 Å². The number of benzene rings is 3. The monoisotopic (exact) mass is 610 g/mol. The minimum atomic E-state index is -2.55. The first-order valence-electron chi connectivity index (χ1n) is 14.8. The maximum Gasteiger partial charge on any atom is 0.329 e. The zero-order valence-electron chi connectivity index (χ0n) is 25.6. The van der Waals surface area contributed by atoms with E-state index in [0.717, 1.165) is 5.56 Å². The molecular weight excluding hydrogens is 564 g/mol. The predicted molar refractivity (Wildman–Crippen MR) is 170 cm³/mol. The topological polar surface area (TPSA) is 92.7 Å². The number of ether oxygens (including phenoxy) is 5. The first kappa shape index (κ1) is 34.6. The summed E-state index contributed by atoms with van der Waals surface area (Å²) < 4.78 is 35.1. The van der Waals surface area contributed by atoms with Crippen molar-refractivity contribution in [1.82, 2.24) is 0 Å². The lowest BCUT2D eigenvalue weighted by molar-refractivity contribution is -0.144. The zero-order chi connectivity index (χ0) is 30.8. The fourth-order valence-electron chi connectivity index (χ4n) is 4.97. The van der Waals surface area contributed by atoms with Gasteiger partial charge in [0.2, 0.25) is 0 Å². The van der Waals surface area contributed by atoms with Crippen molar-refractivity contribution in [2.24, 2.45) is 0 Å². The van der Waals surface area contributed by atoms with Gasteiger partial charge in [0.1, 0.15) is 12.7 Å². The molecule has 43 heavy (non-hydrogen) atoms. The molecule has 0 spiro atoms. The molecule has 0 aromatic heterocycles. The van der Waals surface area contributed by atoms with Gasteiger partial charge in [0.15, 0.2) is 0 Å². The summed E-state index contributed by atoms with van der Waals surface area (Å²) >= 11 is 0. The van der Waals surface area contributed by atoms with Crippen LogP contribution < -0.4 is 10.4 Å². The van der Waals surface area contributed by atoms with Crippen molar-refractivity contribution in [3.63, 3.8) is 0 Å². The largest absolute Gasteiger partial charge is 0.480 e. The Morgan fingerprint density at radius 3 is 1.56 bits per heavy atom. The van der Waals surface area contributed by atoms with Crippen LogP contribution in [-0.2, 0) is 32.9 Å². The first-order valence-corrected chi connectivity index (χ1v) is 16.7. The predicted octanol–water partition coefficient (Wildman–Crippen LogP) is 4.47. The van der Waals surface area contributed by atoms with E-state index >= 15 is 0 Å². The van der Waals surface area contributed by atoms with E-state index in [1.807, 2.05) is 42.5 Å². The maximum absolute atomic E-state index is 10.7. The molecule has 0 amide bonds. The summed E-state index contributed by atoms with van der Waals surface area (Å²) in [5.41, 5.74) is 0.924. The molecule has 0 bridgehead atoms. The van der Waals surface area contributed by atoms with Gasteiger partial charge in [0.05, 0.1) is 59.5 Å². The van der Waals surface area contributed by atoms with Crippen LogP contribution in [0.4, 0.5) is 0 Å². The minimum Gasteiger partial charge on any atom is -0.480 e. The summed E-state index contributed by atoms with van der Waals surface area (Å²) in [6.07, 6.45) is -0.363. The van der Waals surface area contributed by atoms with Gasteiger partial charge < -0.3 is 33.2 Å². The molecule has 0 radical (unpaired) electrons. The lowest BCUT2D eigenvalue weighted by Crippen LogP contribution is -2.66. The molecule has 8 nitrogen and oxygen atoms in total. The van der Waals surface area contributed by atoms with Crippen molar-refractivity contribution in [2.45, 2.75) is 31.9 Å². The van der Waals surface area contributed by atoms with Crippen LogP contribution in [0, 0.1) is 0 Å². The Morgan fingerprint density at radius 1 is 0.651 bits per heavy atom. The Bertz CT molecular complexity index is 1120. The Balaban J connectivity index is 1.31. The van der Waals surface area contributed by atoms with E-state index in [-0.39, 0.29) is 24.4 Å². The summed E-state index contributed by atoms with van der Waals surface area (Å²) in [4.78, 5) is 10.7. The maximum atomic E-state index is 10.7. The van der Waals surface area contributed by atoms with Crippen molar-refractivity contribution in [1.29, 1.82) is 0 Å². The molecule has 0 saturated heterocycles. The van der Waals surface area contributed by atoms with Crippen LogP contribution in [-0.4, -0.2) is 85.5 Å². The molecule has 0 saturated carbocycles. The Labute approximate surface area is 257 Å². The normalized spacial score (nSPS) is 12.7. The Kier molecular flexibility index (Phi) is 15.0. The third-order valence-electron chi connectivity index (χ3n) is 6.92. The molecule has 3 rings (SSSR count). The van der Waals surface area contributed by atoms with Gasteiger partial charge in [0.25, 0.3) is 8.32 Å². The highest BCUT2D eigenvalue weighted by atomic mass is 28.4. The van der Waals surface area contributed by atoms with E-state index in [1.54, 1.807) is 0 Å². The van der Waals surface area contributed by atoms with Gasteiger partial charge in [-0.2, -0.15) is 0 Å². The van der Waals surface area contributed by atoms with Gasteiger partial charge in [-0.25, -0.2) is 4.79 Å². The molecule has 0 heterocycles. The lowest BCUT2D eigenvalue weighted by atomic mass is 10.1. The van der Waals surface area contributed by atoms with Crippen molar-refractivity contribution in [3.05, 3.63) is 96.6 Å². The number of rotatable bonds is 21. The molecule has 0 aliphatic heterocycles. The summed E-state index contributed by atoms with van der Waals surface area (Å²) in [7, 11) is -2.55. The molecule has 9 heteroatoms. The Morgan fingerprint density at radius 2 is 1.09 bits per heavy atom. The SMILES string of the molecule is CC(C)(C)[Si](OCCOCCOCCOCCOC(COCC(=O)O)c1ccccc1)(c1ccccc1)c1ccccc1. The second-order valence-corrected chi connectivity index (χ2v) is 15.3. The molecule has 0 aliphatic carbocycles. The molecule has 1 atom stereocenters.